The SMILES string of the molecule is O=C(CNC1CCCCC1)N1CCN(c2ncccn2)CC1. The van der Waals surface area contributed by atoms with E-state index in [9.17, 15) is 4.79 Å². The van der Waals surface area contributed by atoms with Crippen LogP contribution in [0.5, 0.6) is 0 Å². The number of piperazine rings is 1. The smallest absolute Gasteiger partial charge is 0.236 e. The van der Waals surface area contributed by atoms with E-state index < -0.39 is 0 Å². The fraction of sp³-hybridized carbons (Fsp3) is 0.688. The minimum atomic E-state index is 0.221. The summed E-state index contributed by atoms with van der Waals surface area (Å²) in [5.41, 5.74) is 0. The van der Waals surface area contributed by atoms with Gasteiger partial charge in [0.1, 0.15) is 0 Å². The number of aromatic nitrogens is 2. The molecule has 2 aliphatic rings. The normalized spacial score (nSPS) is 20.2. The Bertz CT molecular complexity index is 467. The number of hydrogen-bond acceptors (Lipinski definition) is 5. The highest BCUT2D eigenvalue weighted by Crippen LogP contribution is 2.17. The third-order valence-electron chi connectivity index (χ3n) is 4.61. The summed E-state index contributed by atoms with van der Waals surface area (Å²) < 4.78 is 0. The van der Waals surface area contributed by atoms with Gasteiger partial charge in [-0.1, -0.05) is 19.3 Å². The number of rotatable bonds is 4. The molecule has 1 aromatic rings. The quantitative estimate of drug-likeness (QED) is 0.901. The Morgan fingerprint density at radius 1 is 1.09 bits per heavy atom. The number of carbonyl (C=O) groups excluding carboxylic acids is 1. The molecular weight excluding hydrogens is 278 g/mol. The van der Waals surface area contributed by atoms with Crippen molar-refractivity contribution >= 4 is 11.9 Å². The van der Waals surface area contributed by atoms with Crippen molar-refractivity contribution in [3.8, 4) is 0 Å². The highest BCUT2D eigenvalue weighted by Gasteiger charge is 2.23. The third-order valence-corrected chi connectivity index (χ3v) is 4.61. The Balaban J connectivity index is 1.41. The van der Waals surface area contributed by atoms with Gasteiger partial charge in [-0.2, -0.15) is 0 Å². The van der Waals surface area contributed by atoms with E-state index in [-0.39, 0.29) is 5.91 Å². The summed E-state index contributed by atoms with van der Waals surface area (Å²) in [5.74, 6) is 0.981. The first-order valence-electron chi connectivity index (χ1n) is 8.36. The van der Waals surface area contributed by atoms with E-state index in [0.717, 1.165) is 32.1 Å². The summed E-state index contributed by atoms with van der Waals surface area (Å²) in [7, 11) is 0. The van der Waals surface area contributed by atoms with Gasteiger partial charge in [0.2, 0.25) is 11.9 Å². The van der Waals surface area contributed by atoms with Gasteiger partial charge in [-0.15, -0.1) is 0 Å². The number of anilines is 1. The molecule has 2 fully saturated rings. The standard InChI is InChI=1S/C16H25N5O/c22-15(13-19-14-5-2-1-3-6-14)20-9-11-21(12-10-20)16-17-7-4-8-18-16/h4,7-8,14,19H,1-3,5-6,9-13H2. The van der Waals surface area contributed by atoms with Crippen LogP contribution in [0.3, 0.4) is 0 Å². The average molecular weight is 303 g/mol. The zero-order valence-corrected chi connectivity index (χ0v) is 13.1. The van der Waals surface area contributed by atoms with Gasteiger partial charge in [-0.25, -0.2) is 9.97 Å². The first kappa shape index (κ1) is 15.2. The summed E-state index contributed by atoms with van der Waals surface area (Å²) in [5, 5.41) is 3.43. The average Bonchev–Trinajstić information content (AvgIpc) is 2.61. The maximum Gasteiger partial charge on any atom is 0.236 e. The van der Waals surface area contributed by atoms with Crippen molar-refractivity contribution in [3.05, 3.63) is 18.5 Å². The molecule has 1 saturated heterocycles. The van der Waals surface area contributed by atoms with Crippen LogP contribution in [0, 0.1) is 0 Å². The Kier molecular flexibility index (Phi) is 5.21. The Labute approximate surface area is 131 Å². The molecule has 1 N–H and O–H groups in total. The van der Waals surface area contributed by atoms with Gasteiger partial charge in [0, 0.05) is 44.6 Å². The van der Waals surface area contributed by atoms with E-state index in [1.807, 2.05) is 11.0 Å². The number of nitrogens with zero attached hydrogens (tertiary/aromatic N) is 4. The van der Waals surface area contributed by atoms with E-state index in [0.29, 0.717) is 12.6 Å². The van der Waals surface area contributed by atoms with Crippen LogP contribution in [0.2, 0.25) is 0 Å². The van der Waals surface area contributed by atoms with Crippen molar-refractivity contribution in [1.29, 1.82) is 0 Å². The monoisotopic (exact) mass is 303 g/mol. The fourth-order valence-electron chi connectivity index (χ4n) is 3.26. The van der Waals surface area contributed by atoms with E-state index in [1.165, 1.54) is 32.1 Å². The molecule has 0 spiro atoms. The first-order chi connectivity index (χ1) is 10.8. The second-order valence-corrected chi connectivity index (χ2v) is 6.13. The predicted molar refractivity (Wildman–Crippen MR) is 85.7 cm³/mol. The lowest BCUT2D eigenvalue weighted by Crippen LogP contribution is -2.52. The third kappa shape index (κ3) is 3.94. The maximum absolute atomic E-state index is 12.3. The second-order valence-electron chi connectivity index (χ2n) is 6.13. The van der Waals surface area contributed by atoms with Gasteiger partial charge in [0.15, 0.2) is 0 Å². The summed E-state index contributed by atoms with van der Waals surface area (Å²) >= 11 is 0. The molecule has 0 unspecified atom stereocenters. The van der Waals surface area contributed by atoms with Crippen molar-refractivity contribution < 1.29 is 4.79 Å². The Morgan fingerprint density at radius 3 is 2.45 bits per heavy atom. The molecule has 22 heavy (non-hydrogen) atoms. The summed E-state index contributed by atoms with van der Waals surface area (Å²) in [6.45, 7) is 3.59. The van der Waals surface area contributed by atoms with Crippen LogP contribution in [0.15, 0.2) is 18.5 Å². The van der Waals surface area contributed by atoms with Gasteiger partial charge in [0.05, 0.1) is 6.54 Å². The van der Waals surface area contributed by atoms with E-state index in [1.54, 1.807) is 12.4 Å². The topological polar surface area (TPSA) is 61.4 Å². The lowest BCUT2D eigenvalue weighted by Gasteiger charge is -2.35. The number of nitrogens with one attached hydrogen (secondary N) is 1. The molecule has 1 saturated carbocycles. The molecule has 3 rings (SSSR count). The lowest BCUT2D eigenvalue weighted by molar-refractivity contribution is -0.130. The van der Waals surface area contributed by atoms with Crippen molar-refractivity contribution in [2.75, 3.05) is 37.6 Å². The molecule has 6 nitrogen and oxygen atoms in total. The molecule has 1 aliphatic carbocycles. The van der Waals surface area contributed by atoms with Gasteiger partial charge in [-0.3, -0.25) is 4.79 Å². The molecule has 1 aliphatic heterocycles. The minimum absolute atomic E-state index is 0.221. The first-order valence-corrected chi connectivity index (χ1v) is 8.36. The largest absolute Gasteiger partial charge is 0.338 e. The molecule has 2 heterocycles. The summed E-state index contributed by atoms with van der Waals surface area (Å²) in [6, 6.07) is 2.36. The van der Waals surface area contributed by atoms with Crippen LogP contribution in [0.1, 0.15) is 32.1 Å². The maximum atomic E-state index is 12.3. The highest BCUT2D eigenvalue weighted by molar-refractivity contribution is 5.78. The van der Waals surface area contributed by atoms with Crippen molar-refractivity contribution in [1.82, 2.24) is 20.2 Å². The molecule has 0 aromatic carbocycles. The highest BCUT2D eigenvalue weighted by atomic mass is 16.2. The van der Waals surface area contributed by atoms with Crippen LogP contribution in [-0.4, -0.2) is 59.5 Å². The molecule has 1 aromatic heterocycles. The Morgan fingerprint density at radius 2 is 1.77 bits per heavy atom. The van der Waals surface area contributed by atoms with Crippen molar-refractivity contribution in [3.63, 3.8) is 0 Å². The second kappa shape index (κ2) is 7.54. The molecule has 6 heteroatoms. The zero-order valence-electron chi connectivity index (χ0n) is 13.1. The lowest BCUT2D eigenvalue weighted by atomic mass is 9.95. The van der Waals surface area contributed by atoms with Crippen molar-refractivity contribution in [2.45, 2.75) is 38.1 Å². The molecule has 0 bridgehead atoms. The van der Waals surface area contributed by atoms with Crippen LogP contribution < -0.4 is 10.2 Å². The number of hydrogen-bond donors (Lipinski definition) is 1. The van der Waals surface area contributed by atoms with Crippen LogP contribution >= 0.6 is 0 Å². The number of carbonyl (C=O) groups is 1. The minimum Gasteiger partial charge on any atom is -0.338 e. The molecule has 1 amide bonds. The molecule has 0 atom stereocenters. The fourth-order valence-corrected chi connectivity index (χ4v) is 3.26. The zero-order chi connectivity index (χ0) is 15.2. The number of amides is 1. The van der Waals surface area contributed by atoms with Crippen molar-refractivity contribution in [2.24, 2.45) is 0 Å². The van der Waals surface area contributed by atoms with Crippen LogP contribution in [0.4, 0.5) is 5.95 Å². The van der Waals surface area contributed by atoms with Gasteiger partial charge < -0.3 is 15.1 Å². The van der Waals surface area contributed by atoms with Crippen LogP contribution in [-0.2, 0) is 4.79 Å². The molecular formula is C16H25N5O. The summed E-state index contributed by atoms with van der Waals surface area (Å²) in [6.07, 6.45) is 9.87. The van der Waals surface area contributed by atoms with Gasteiger partial charge in [-0.05, 0) is 18.9 Å². The molecule has 0 radical (unpaired) electrons. The van der Waals surface area contributed by atoms with E-state index in [4.69, 9.17) is 0 Å². The van der Waals surface area contributed by atoms with E-state index >= 15 is 0 Å². The van der Waals surface area contributed by atoms with E-state index in [2.05, 4.69) is 20.2 Å². The Hall–Kier alpha value is -1.69. The molecule has 120 valence electrons. The predicted octanol–water partition coefficient (Wildman–Crippen LogP) is 1.05. The summed E-state index contributed by atoms with van der Waals surface area (Å²) in [4.78, 5) is 24.9. The van der Waals surface area contributed by atoms with Crippen LogP contribution in [0.25, 0.3) is 0 Å². The van der Waals surface area contributed by atoms with Gasteiger partial charge >= 0.3 is 0 Å². The van der Waals surface area contributed by atoms with Gasteiger partial charge in [0.25, 0.3) is 0 Å².